The Hall–Kier alpha value is -4.46. The summed E-state index contributed by atoms with van der Waals surface area (Å²) < 4.78 is 42.7. The van der Waals surface area contributed by atoms with Crippen molar-refractivity contribution in [3.8, 4) is 0 Å². The van der Waals surface area contributed by atoms with Crippen molar-refractivity contribution in [2.45, 2.75) is 38.1 Å². The van der Waals surface area contributed by atoms with Crippen LogP contribution in [0.2, 0.25) is 5.02 Å². The molecule has 0 saturated carbocycles. The number of likely N-dealkylation sites (N-methyl/N-ethyl adjacent to an activating group) is 1. The summed E-state index contributed by atoms with van der Waals surface area (Å²) in [5.41, 5.74) is 0.129. The molecule has 3 amide bonds. The lowest BCUT2D eigenvalue weighted by Gasteiger charge is -2.39. The molecule has 5 heterocycles. The Labute approximate surface area is 255 Å². The second-order valence-electron chi connectivity index (χ2n) is 11.2. The number of rotatable bonds is 5. The van der Waals surface area contributed by atoms with Crippen LogP contribution in [-0.4, -0.2) is 75.1 Å². The SMILES string of the molecule is C=CC(=O)N1CC(n2cnc(CN3C[C@H]4CC(=O)N(c5cc(C(F)(F)F)cc(C)n5)[C@@H]4C(=O)N(C)c4cccc(Cl)c43)n2)C1. The van der Waals surface area contributed by atoms with Gasteiger partial charge in [0.25, 0.3) is 0 Å². The van der Waals surface area contributed by atoms with E-state index in [1.165, 1.54) is 17.9 Å². The number of likely N-dealkylation sites (tertiary alicyclic amines) is 1. The van der Waals surface area contributed by atoms with Crippen LogP contribution in [0.1, 0.15) is 29.5 Å². The van der Waals surface area contributed by atoms with Crippen molar-refractivity contribution in [1.82, 2.24) is 24.6 Å². The maximum atomic E-state index is 14.0. The number of halogens is 4. The molecule has 0 unspecified atom stereocenters. The van der Waals surface area contributed by atoms with Crippen molar-refractivity contribution in [1.29, 1.82) is 0 Å². The van der Waals surface area contributed by atoms with Gasteiger partial charge in [-0.25, -0.2) is 14.6 Å². The summed E-state index contributed by atoms with van der Waals surface area (Å²) in [4.78, 5) is 54.0. The Kier molecular flexibility index (Phi) is 7.34. The zero-order valence-electron chi connectivity index (χ0n) is 23.8. The Morgan fingerprint density at radius 3 is 2.64 bits per heavy atom. The molecule has 0 aliphatic carbocycles. The van der Waals surface area contributed by atoms with Gasteiger partial charge in [0, 0.05) is 44.7 Å². The third-order valence-electron chi connectivity index (χ3n) is 8.24. The van der Waals surface area contributed by atoms with Gasteiger partial charge in [0.05, 0.1) is 34.5 Å². The van der Waals surface area contributed by atoms with E-state index >= 15 is 0 Å². The Morgan fingerprint density at radius 2 is 1.93 bits per heavy atom. The molecule has 1 aromatic carbocycles. The first-order chi connectivity index (χ1) is 20.8. The third-order valence-corrected chi connectivity index (χ3v) is 8.54. The van der Waals surface area contributed by atoms with E-state index in [-0.39, 0.29) is 43.0 Å². The topological polar surface area (TPSA) is 108 Å². The number of pyridine rings is 1. The van der Waals surface area contributed by atoms with E-state index in [1.807, 2.05) is 4.90 Å². The third kappa shape index (κ3) is 5.16. The van der Waals surface area contributed by atoms with Gasteiger partial charge >= 0.3 is 6.18 Å². The second-order valence-corrected chi connectivity index (χ2v) is 11.6. The quantitative estimate of drug-likeness (QED) is 0.397. The van der Waals surface area contributed by atoms with E-state index < -0.39 is 35.5 Å². The van der Waals surface area contributed by atoms with Gasteiger partial charge in [0.2, 0.25) is 17.7 Å². The highest BCUT2D eigenvalue weighted by atomic mass is 35.5. The zero-order valence-corrected chi connectivity index (χ0v) is 24.6. The molecular formula is C29H28ClF3N8O3. The minimum absolute atomic E-state index is 0.0408. The van der Waals surface area contributed by atoms with Gasteiger partial charge in [-0.3, -0.25) is 19.3 Å². The van der Waals surface area contributed by atoms with Gasteiger partial charge in [-0.2, -0.15) is 18.3 Å². The number of aryl methyl sites for hydroxylation is 1. The van der Waals surface area contributed by atoms with Crippen LogP contribution in [0.15, 0.2) is 49.3 Å². The highest BCUT2D eigenvalue weighted by molar-refractivity contribution is 6.34. The van der Waals surface area contributed by atoms with Crippen LogP contribution in [-0.2, 0) is 27.1 Å². The van der Waals surface area contributed by atoms with E-state index in [9.17, 15) is 27.6 Å². The lowest BCUT2D eigenvalue weighted by molar-refractivity contribution is -0.137. The molecule has 0 bridgehead atoms. The molecule has 2 aromatic heterocycles. The lowest BCUT2D eigenvalue weighted by atomic mass is 9.95. The van der Waals surface area contributed by atoms with Crippen LogP contribution >= 0.6 is 11.6 Å². The molecular weight excluding hydrogens is 601 g/mol. The molecule has 3 aliphatic heterocycles. The number of hydrogen-bond donors (Lipinski definition) is 0. The summed E-state index contributed by atoms with van der Waals surface area (Å²) in [6.45, 7) is 6.21. The van der Waals surface area contributed by atoms with Crippen molar-refractivity contribution in [3.63, 3.8) is 0 Å². The van der Waals surface area contributed by atoms with E-state index in [2.05, 4.69) is 21.6 Å². The van der Waals surface area contributed by atoms with Gasteiger partial charge in [-0.1, -0.05) is 24.2 Å². The second kappa shape index (κ2) is 10.9. The number of fused-ring (bicyclic) bond motifs is 2. The number of para-hydroxylation sites is 1. The first-order valence-corrected chi connectivity index (χ1v) is 14.2. The van der Waals surface area contributed by atoms with Crippen LogP contribution in [0.3, 0.4) is 0 Å². The van der Waals surface area contributed by atoms with Crippen LogP contribution in [0.5, 0.6) is 0 Å². The van der Waals surface area contributed by atoms with Crippen LogP contribution in [0.4, 0.5) is 30.4 Å². The van der Waals surface area contributed by atoms with Crippen LogP contribution in [0, 0.1) is 12.8 Å². The number of nitrogens with zero attached hydrogens (tertiary/aromatic N) is 8. The van der Waals surface area contributed by atoms with Crippen molar-refractivity contribution >= 4 is 46.5 Å². The van der Waals surface area contributed by atoms with E-state index in [4.69, 9.17) is 11.6 Å². The summed E-state index contributed by atoms with van der Waals surface area (Å²) >= 11 is 6.70. The standard InChI is InChI=1S/C29H28ClF3N8O3/c1-4-24(42)38-12-19(13-38)40-15-34-22(36-40)14-39-11-17-9-25(43)41(23-10-18(29(31,32)33)8-16(2)35-23)26(17)28(44)37(3)21-7-5-6-20(30)27(21)39/h4-8,10,15,17,19,26H,1,9,11-14H2,2-3H3/t17-,26+/m1/s1. The van der Waals surface area contributed by atoms with Gasteiger partial charge in [-0.15, -0.1) is 0 Å². The summed E-state index contributed by atoms with van der Waals surface area (Å²) in [5, 5.41) is 4.99. The van der Waals surface area contributed by atoms with E-state index in [0.717, 1.165) is 17.0 Å². The highest BCUT2D eigenvalue weighted by Gasteiger charge is 2.49. The molecule has 11 nitrogen and oxygen atoms in total. The molecule has 0 spiro atoms. The molecule has 15 heteroatoms. The van der Waals surface area contributed by atoms with Crippen molar-refractivity contribution in [2.75, 3.05) is 41.4 Å². The van der Waals surface area contributed by atoms with Gasteiger partial charge in [-0.05, 0) is 37.3 Å². The maximum Gasteiger partial charge on any atom is 0.416 e. The summed E-state index contributed by atoms with van der Waals surface area (Å²) in [7, 11) is 1.55. The minimum Gasteiger partial charge on any atom is -0.361 e. The molecule has 0 radical (unpaired) electrons. The van der Waals surface area contributed by atoms with Crippen molar-refractivity contribution in [3.05, 3.63) is 71.4 Å². The number of alkyl halides is 3. The molecule has 3 aromatic rings. The fraction of sp³-hybridized carbons (Fsp3) is 0.379. The summed E-state index contributed by atoms with van der Waals surface area (Å²) in [6, 6.07) is 5.66. The minimum atomic E-state index is -4.66. The average Bonchev–Trinajstić information content (AvgIpc) is 3.52. The predicted octanol–water partition coefficient (Wildman–Crippen LogP) is 3.63. The zero-order chi connectivity index (χ0) is 31.5. The Bertz CT molecular complexity index is 1670. The monoisotopic (exact) mass is 628 g/mol. The fourth-order valence-corrected chi connectivity index (χ4v) is 6.36. The lowest BCUT2D eigenvalue weighted by Crippen LogP contribution is -2.52. The number of carbonyl (C=O) groups excluding carboxylic acids is 3. The molecule has 230 valence electrons. The molecule has 3 aliphatic rings. The van der Waals surface area contributed by atoms with E-state index in [1.54, 1.807) is 41.2 Å². The molecule has 0 N–H and O–H groups in total. The summed E-state index contributed by atoms with van der Waals surface area (Å²) in [5.74, 6) is -1.50. The molecule has 44 heavy (non-hydrogen) atoms. The maximum absolute atomic E-state index is 14.0. The number of carbonyl (C=O) groups is 3. The Morgan fingerprint density at radius 1 is 1.18 bits per heavy atom. The largest absolute Gasteiger partial charge is 0.416 e. The smallest absolute Gasteiger partial charge is 0.361 e. The van der Waals surface area contributed by atoms with Gasteiger partial charge < -0.3 is 14.7 Å². The Balaban J connectivity index is 1.34. The number of amides is 3. The number of benzene rings is 1. The predicted molar refractivity (Wildman–Crippen MR) is 155 cm³/mol. The molecule has 6 rings (SSSR count). The number of hydrogen-bond acceptors (Lipinski definition) is 7. The van der Waals surface area contributed by atoms with Gasteiger partial charge in [0.15, 0.2) is 5.82 Å². The van der Waals surface area contributed by atoms with Crippen molar-refractivity contribution < 1.29 is 27.6 Å². The fourth-order valence-electron chi connectivity index (χ4n) is 6.07. The normalized spacial score (nSPS) is 20.7. The first kappa shape index (κ1) is 29.6. The molecule has 2 fully saturated rings. The first-order valence-electron chi connectivity index (χ1n) is 13.9. The number of anilines is 3. The van der Waals surface area contributed by atoms with Gasteiger partial charge in [0.1, 0.15) is 18.2 Å². The molecule has 2 saturated heterocycles. The van der Waals surface area contributed by atoms with Crippen LogP contribution in [0.25, 0.3) is 0 Å². The van der Waals surface area contributed by atoms with Crippen molar-refractivity contribution in [2.24, 2.45) is 5.92 Å². The number of aromatic nitrogens is 4. The molecule has 2 atom stereocenters. The highest BCUT2D eigenvalue weighted by Crippen LogP contribution is 2.43. The summed E-state index contributed by atoms with van der Waals surface area (Å²) in [6.07, 6.45) is -1.89. The van der Waals surface area contributed by atoms with E-state index in [0.29, 0.717) is 35.3 Å². The average molecular weight is 629 g/mol. The van der Waals surface area contributed by atoms with Crippen LogP contribution < -0.4 is 14.7 Å².